The Morgan fingerprint density at radius 3 is 3.00 bits per heavy atom. The first-order valence-corrected chi connectivity index (χ1v) is 7.10. The van der Waals surface area contributed by atoms with Gasteiger partial charge >= 0.3 is 0 Å². The van der Waals surface area contributed by atoms with E-state index in [0.29, 0.717) is 16.6 Å². The maximum Gasteiger partial charge on any atom is 0.251 e. The van der Waals surface area contributed by atoms with E-state index in [1.54, 1.807) is 19.2 Å². The molecule has 1 aliphatic rings. The van der Waals surface area contributed by atoms with Crippen LogP contribution in [0.2, 0.25) is 5.02 Å². The van der Waals surface area contributed by atoms with E-state index in [9.17, 15) is 4.79 Å². The normalized spacial score (nSPS) is 19.1. The van der Waals surface area contributed by atoms with Gasteiger partial charge in [-0.25, -0.2) is 0 Å². The van der Waals surface area contributed by atoms with E-state index in [2.05, 4.69) is 10.6 Å². The Hall–Kier alpha value is -0.870. The van der Waals surface area contributed by atoms with E-state index in [4.69, 9.17) is 11.6 Å². The predicted molar refractivity (Wildman–Crippen MR) is 74.2 cm³/mol. The van der Waals surface area contributed by atoms with Gasteiger partial charge in [0.05, 0.1) is 10.7 Å². The average Bonchev–Trinajstić information content (AvgIpc) is 2.84. The molecule has 1 aromatic carbocycles. The number of thioether (sulfide) groups is 1. The fraction of sp³-hybridized carbons (Fsp3) is 0.417. The lowest BCUT2D eigenvalue weighted by Crippen LogP contribution is -2.20. The molecule has 3 nitrogen and oxygen atoms in total. The minimum Gasteiger partial charge on any atom is -0.380 e. The largest absolute Gasteiger partial charge is 0.380 e. The van der Waals surface area contributed by atoms with Crippen molar-refractivity contribution in [3.8, 4) is 0 Å². The quantitative estimate of drug-likeness (QED) is 0.887. The molecule has 0 radical (unpaired) electrons. The SMILES string of the molecule is CNC(=O)c1ccc(Cl)c(NC2CCSC2)c1. The topological polar surface area (TPSA) is 41.1 Å². The number of nitrogens with one attached hydrogen (secondary N) is 2. The van der Waals surface area contributed by atoms with E-state index in [1.807, 2.05) is 17.8 Å². The first kappa shape index (κ1) is 12.6. The number of benzene rings is 1. The van der Waals surface area contributed by atoms with E-state index in [-0.39, 0.29) is 5.91 Å². The zero-order valence-corrected chi connectivity index (χ0v) is 11.2. The number of rotatable bonds is 3. The molecule has 2 rings (SSSR count). The third-order valence-corrected chi connectivity index (χ3v) is 4.24. The molecular weight excluding hydrogens is 256 g/mol. The fourth-order valence-electron chi connectivity index (χ4n) is 1.79. The zero-order chi connectivity index (χ0) is 12.3. The molecule has 1 atom stereocenters. The van der Waals surface area contributed by atoms with Crippen molar-refractivity contribution >= 4 is 35.0 Å². The lowest BCUT2D eigenvalue weighted by atomic mass is 10.1. The first-order chi connectivity index (χ1) is 8.20. The summed E-state index contributed by atoms with van der Waals surface area (Å²) in [6, 6.07) is 5.76. The Labute approximate surface area is 110 Å². The summed E-state index contributed by atoms with van der Waals surface area (Å²) >= 11 is 8.06. The molecule has 0 aliphatic carbocycles. The summed E-state index contributed by atoms with van der Waals surface area (Å²) in [5.41, 5.74) is 1.48. The van der Waals surface area contributed by atoms with Crippen molar-refractivity contribution in [3.63, 3.8) is 0 Å². The van der Waals surface area contributed by atoms with Crippen molar-refractivity contribution < 1.29 is 4.79 Å². The Morgan fingerprint density at radius 2 is 2.35 bits per heavy atom. The van der Waals surface area contributed by atoms with Crippen molar-refractivity contribution in [3.05, 3.63) is 28.8 Å². The van der Waals surface area contributed by atoms with Crippen LogP contribution in [0.4, 0.5) is 5.69 Å². The van der Waals surface area contributed by atoms with Gasteiger partial charge in [-0.3, -0.25) is 4.79 Å². The van der Waals surface area contributed by atoms with Gasteiger partial charge in [0, 0.05) is 24.4 Å². The molecule has 5 heteroatoms. The lowest BCUT2D eigenvalue weighted by Gasteiger charge is -2.15. The standard InChI is InChI=1S/C12H15ClN2OS/c1-14-12(16)8-2-3-10(13)11(6-8)15-9-4-5-17-7-9/h2-3,6,9,15H,4-5,7H2,1H3,(H,14,16). The molecule has 17 heavy (non-hydrogen) atoms. The van der Waals surface area contributed by atoms with Crippen molar-refractivity contribution in [2.45, 2.75) is 12.5 Å². The molecular formula is C12H15ClN2OS. The minimum atomic E-state index is -0.0921. The second-order valence-electron chi connectivity index (χ2n) is 3.98. The molecule has 92 valence electrons. The summed E-state index contributed by atoms with van der Waals surface area (Å²) in [4.78, 5) is 11.5. The Kier molecular flexibility index (Phi) is 4.18. The number of halogens is 1. The van der Waals surface area contributed by atoms with E-state index < -0.39 is 0 Å². The summed E-state index contributed by atoms with van der Waals surface area (Å²) in [6.07, 6.45) is 1.14. The van der Waals surface area contributed by atoms with Gasteiger partial charge in [0.2, 0.25) is 0 Å². The Morgan fingerprint density at radius 1 is 1.53 bits per heavy atom. The summed E-state index contributed by atoms with van der Waals surface area (Å²) in [6.45, 7) is 0. The number of carbonyl (C=O) groups excluding carboxylic acids is 1. The van der Waals surface area contributed by atoms with Crippen molar-refractivity contribution in [1.82, 2.24) is 5.32 Å². The second-order valence-corrected chi connectivity index (χ2v) is 5.54. The van der Waals surface area contributed by atoms with Crippen LogP contribution in [-0.4, -0.2) is 30.5 Å². The highest BCUT2D eigenvalue weighted by Gasteiger charge is 2.16. The van der Waals surface area contributed by atoms with Gasteiger partial charge in [0.15, 0.2) is 0 Å². The summed E-state index contributed by atoms with van der Waals surface area (Å²) in [7, 11) is 1.62. The second kappa shape index (κ2) is 5.65. The number of amides is 1. The third kappa shape index (κ3) is 3.07. The number of anilines is 1. The van der Waals surface area contributed by atoms with Gasteiger partial charge in [-0.2, -0.15) is 11.8 Å². The molecule has 1 saturated heterocycles. The molecule has 1 fully saturated rings. The number of hydrogen-bond acceptors (Lipinski definition) is 3. The highest BCUT2D eigenvalue weighted by atomic mass is 35.5. The van der Waals surface area contributed by atoms with E-state index in [1.165, 1.54) is 5.75 Å². The first-order valence-electron chi connectivity index (χ1n) is 5.56. The van der Waals surface area contributed by atoms with Crippen LogP contribution in [0.1, 0.15) is 16.8 Å². The molecule has 0 aromatic heterocycles. The van der Waals surface area contributed by atoms with Crippen LogP contribution < -0.4 is 10.6 Å². The van der Waals surface area contributed by atoms with Gasteiger partial charge in [-0.05, 0) is 30.4 Å². The van der Waals surface area contributed by atoms with Gasteiger partial charge < -0.3 is 10.6 Å². The average molecular weight is 271 g/mol. The Balaban J connectivity index is 2.16. The molecule has 1 unspecified atom stereocenters. The zero-order valence-electron chi connectivity index (χ0n) is 9.63. The molecule has 1 heterocycles. The van der Waals surface area contributed by atoms with Gasteiger partial charge in [-0.15, -0.1) is 0 Å². The van der Waals surface area contributed by atoms with Crippen LogP contribution in [-0.2, 0) is 0 Å². The molecule has 1 aromatic rings. The lowest BCUT2D eigenvalue weighted by molar-refractivity contribution is 0.0963. The van der Waals surface area contributed by atoms with Crippen LogP contribution >= 0.6 is 23.4 Å². The summed E-state index contributed by atoms with van der Waals surface area (Å²) in [5, 5.41) is 6.66. The van der Waals surface area contributed by atoms with Crippen LogP contribution in [0.25, 0.3) is 0 Å². The third-order valence-electron chi connectivity index (χ3n) is 2.74. The smallest absolute Gasteiger partial charge is 0.251 e. The molecule has 1 amide bonds. The summed E-state index contributed by atoms with van der Waals surface area (Å²) in [5.74, 6) is 2.19. The van der Waals surface area contributed by atoms with Crippen molar-refractivity contribution in [2.75, 3.05) is 23.9 Å². The highest BCUT2D eigenvalue weighted by Crippen LogP contribution is 2.27. The summed E-state index contributed by atoms with van der Waals surface area (Å²) < 4.78 is 0. The highest BCUT2D eigenvalue weighted by molar-refractivity contribution is 7.99. The maximum absolute atomic E-state index is 11.5. The maximum atomic E-state index is 11.5. The molecule has 0 spiro atoms. The van der Waals surface area contributed by atoms with Gasteiger partial charge in [0.25, 0.3) is 5.91 Å². The Bertz CT molecular complexity index is 419. The molecule has 0 bridgehead atoms. The van der Waals surface area contributed by atoms with Crippen molar-refractivity contribution in [1.29, 1.82) is 0 Å². The van der Waals surface area contributed by atoms with E-state index in [0.717, 1.165) is 17.9 Å². The monoisotopic (exact) mass is 270 g/mol. The predicted octanol–water partition coefficient (Wildman–Crippen LogP) is 2.62. The number of hydrogen-bond donors (Lipinski definition) is 2. The van der Waals surface area contributed by atoms with Gasteiger partial charge in [-0.1, -0.05) is 11.6 Å². The van der Waals surface area contributed by atoms with Crippen LogP contribution in [0.15, 0.2) is 18.2 Å². The fourth-order valence-corrected chi connectivity index (χ4v) is 3.11. The molecule has 1 aliphatic heterocycles. The minimum absolute atomic E-state index is 0.0921. The van der Waals surface area contributed by atoms with Gasteiger partial charge in [0.1, 0.15) is 0 Å². The molecule has 0 saturated carbocycles. The number of carbonyl (C=O) groups is 1. The van der Waals surface area contributed by atoms with Crippen molar-refractivity contribution in [2.24, 2.45) is 0 Å². The van der Waals surface area contributed by atoms with E-state index >= 15 is 0 Å². The molecule has 2 N–H and O–H groups in total. The van der Waals surface area contributed by atoms with Crippen LogP contribution in [0.3, 0.4) is 0 Å². The van der Waals surface area contributed by atoms with Crippen LogP contribution in [0.5, 0.6) is 0 Å². The van der Waals surface area contributed by atoms with Crippen LogP contribution in [0, 0.1) is 0 Å².